The average molecular weight is 539 g/mol. The molecule has 0 aliphatic carbocycles. The van der Waals surface area contributed by atoms with Crippen LogP contribution in [0.5, 0.6) is 17.2 Å². The standard InChI is InChI=1S/C36H42O4/c1-4-6-8-10-24-38-34-22-18-32-26-35(23-19-31(32)25-34)40-36(37)30-14-12-28(13-15-30)29-16-20-33(21-17-29)39-27(3)11-9-7-5-2/h12-23,25-27H,4-11,24H2,1-3H3/t27-/m0/s1. The van der Waals surface area contributed by atoms with Gasteiger partial charge in [-0.1, -0.05) is 82.3 Å². The van der Waals surface area contributed by atoms with E-state index < -0.39 is 0 Å². The summed E-state index contributed by atoms with van der Waals surface area (Å²) in [5.74, 6) is 1.90. The van der Waals surface area contributed by atoms with Crippen molar-refractivity contribution >= 4 is 16.7 Å². The van der Waals surface area contributed by atoms with Gasteiger partial charge in [-0.2, -0.15) is 0 Å². The Bertz CT molecular complexity index is 1340. The number of benzene rings is 4. The zero-order chi connectivity index (χ0) is 28.2. The van der Waals surface area contributed by atoms with Crippen LogP contribution < -0.4 is 14.2 Å². The molecule has 0 radical (unpaired) electrons. The summed E-state index contributed by atoms with van der Waals surface area (Å²) >= 11 is 0. The Labute approximate surface area is 239 Å². The van der Waals surface area contributed by atoms with E-state index in [0.29, 0.717) is 11.3 Å². The molecule has 4 aromatic carbocycles. The number of carbonyl (C=O) groups excluding carboxylic acids is 1. The summed E-state index contributed by atoms with van der Waals surface area (Å²) in [6, 6.07) is 27.3. The van der Waals surface area contributed by atoms with E-state index in [4.69, 9.17) is 14.2 Å². The number of unbranched alkanes of at least 4 members (excludes halogenated alkanes) is 5. The summed E-state index contributed by atoms with van der Waals surface area (Å²) in [4.78, 5) is 12.8. The monoisotopic (exact) mass is 538 g/mol. The van der Waals surface area contributed by atoms with Crippen molar-refractivity contribution in [2.24, 2.45) is 0 Å². The molecule has 1 atom stereocenters. The summed E-state index contributed by atoms with van der Waals surface area (Å²) in [5, 5.41) is 2.05. The van der Waals surface area contributed by atoms with Crippen molar-refractivity contribution in [2.75, 3.05) is 6.61 Å². The number of hydrogen-bond donors (Lipinski definition) is 0. The van der Waals surface area contributed by atoms with Crippen LogP contribution in [0.1, 0.15) is 82.5 Å². The molecule has 0 aliphatic heterocycles. The Morgan fingerprint density at radius 2 is 1.23 bits per heavy atom. The van der Waals surface area contributed by atoms with E-state index in [1.807, 2.05) is 72.8 Å². The summed E-state index contributed by atoms with van der Waals surface area (Å²) in [6.45, 7) is 7.28. The molecule has 4 nitrogen and oxygen atoms in total. The topological polar surface area (TPSA) is 44.8 Å². The van der Waals surface area contributed by atoms with Gasteiger partial charge in [-0.3, -0.25) is 0 Å². The van der Waals surface area contributed by atoms with Crippen LogP contribution in [0.25, 0.3) is 21.9 Å². The maximum atomic E-state index is 12.8. The highest BCUT2D eigenvalue weighted by molar-refractivity contribution is 5.93. The van der Waals surface area contributed by atoms with Crippen LogP contribution in [0.2, 0.25) is 0 Å². The van der Waals surface area contributed by atoms with Gasteiger partial charge in [-0.05, 0) is 96.6 Å². The number of fused-ring (bicyclic) bond motifs is 1. The minimum absolute atomic E-state index is 0.210. The van der Waals surface area contributed by atoms with Gasteiger partial charge in [0.15, 0.2) is 0 Å². The highest BCUT2D eigenvalue weighted by Crippen LogP contribution is 2.27. The minimum Gasteiger partial charge on any atom is -0.494 e. The van der Waals surface area contributed by atoms with Crippen LogP contribution in [-0.2, 0) is 0 Å². The van der Waals surface area contributed by atoms with Gasteiger partial charge in [0.1, 0.15) is 17.2 Å². The van der Waals surface area contributed by atoms with E-state index in [9.17, 15) is 4.79 Å². The molecule has 4 aromatic rings. The molecule has 0 saturated heterocycles. The lowest BCUT2D eigenvalue weighted by atomic mass is 10.0. The van der Waals surface area contributed by atoms with E-state index in [0.717, 1.165) is 52.8 Å². The molecule has 0 aromatic heterocycles. The first-order valence-electron chi connectivity index (χ1n) is 14.8. The molecular formula is C36H42O4. The molecule has 0 saturated carbocycles. The largest absolute Gasteiger partial charge is 0.494 e. The average Bonchev–Trinajstić information content (AvgIpc) is 2.97. The fourth-order valence-corrected chi connectivity index (χ4v) is 4.74. The lowest BCUT2D eigenvalue weighted by molar-refractivity contribution is 0.0735. The van der Waals surface area contributed by atoms with Crippen LogP contribution in [-0.4, -0.2) is 18.7 Å². The van der Waals surface area contributed by atoms with Gasteiger partial charge >= 0.3 is 5.97 Å². The summed E-state index contributed by atoms with van der Waals surface area (Å²) in [5.41, 5.74) is 2.62. The SMILES string of the molecule is CCCCCCOc1ccc2cc(OC(=O)c3ccc(-c4ccc(O[C@@H](C)CCCCC)cc4)cc3)ccc2c1. The van der Waals surface area contributed by atoms with Crippen LogP contribution in [0.4, 0.5) is 0 Å². The molecule has 210 valence electrons. The van der Waals surface area contributed by atoms with Gasteiger partial charge in [0.05, 0.1) is 18.3 Å². The third kappa shape index (κ3) is 8.61. The Morgan fingerprint density at radius 3 is 1.90 bits per heavy atom. The molecule has 0 aliphatic rings. The molecule has 0 amide bonds. The number of ether oxygens (including phenoxy) is 3. The number of carbonyl (C=O) groups is 1. The first-order chi connectivity index (χ1) is 19.6. The van der Waals surface area contributed by atoms with Crippen LogP contribution in [0, 0.1) is 0 Å². The molecule has 0 bridgehead atoms. The molecule has 0 fully saturated rings. The Balaban J connectivity index is 1.31. The predicted molar refractivity (Wildman–Crippen MR) is 165 cm³/mol. The Hall–Kier alpha value is -3.79. The molecular weight excluding hydrogens is 496 g/mol. The fourth-order valence-electron chi connectivity index (χ4n) is 4.74. The molecule has 0 heterocycles. The number of esters is 1. The zero-order valence-corrected chi connectivity index (χ0v) is 24.2. The summed E-state index contributed by atoms with van der Waals surface area (Å²) in [7, 11) is 0. The smallest absolute Gasteiger partial charge is 0.343 e. The highest BCUT2D eigenvalue weighted by atomic mass is 16.5. The van der Waals surface area contributed by atoms with E-state index in [2.05, 4.69) is 32.9 Å². The van der Waals surface area contributed by atoms with Crippen molar-refractivity contribution in [2.45, 2.75) is 78.2 Å². The van der Waals surface area contributed by atoms with Gasteiger partial charge < -0.3 is 14.2 Å². The molecule has 0 N–H and O–H groups in total. The fraction of sp³-hybridized carbons (Fsp3) is 0.361. The highest BCUT2D eigenvalue weighted by Gasteiger charge is 2.11. The van der Waals surface area contributed by atoms with Crippen molar-refractivity contribution in [3.8, 4) is 28.4 Å². The first-order valence-corrected chi connectivity index (χ1v) is 14.8. The second kappa shape index (κ2) is 15.1. The predicted octanol–water partition coefficient (Wildman–Crippen LogP) is 10.0. The van der Waals surface area contributed by atoms with Gasteiger partial charge in [0, 0.05) is 0 Å². The van der Waals surface area contributed by atoms with Crippen molar-refractivity contribution < 1.29 is 19.0 Å². The third-order valence-corrected chi connectivity index (χ3v) is 7.12. The molecule has 4 rings (SSSR count). The van der Waals surface area contributed by atoms with Crippen LogP contribution >= 0.6 is 0 Å². The van der Waals surface area contributed by atoms with Crippen molar-refractivity contribution in [3.05, 3.63) is 90.5 Å². The van der Waals surface area contributed by atoms with Gasteiger partial charge in [-0.15, -0.1) is 0 Å². The second-order valence-electron chi connectivity index (χ2n) is 10.5. The number of rotatable bonds is 15. The van der Waals surface area contributed by atoms with Crippen molar-refractivity contribution in [3.63, 3.8) is 0 Å². The first kappa shape index (κ1) is 29.2. The van der Waals surface area contributed by atoms with Gasteiger partial charge in [-0.25, -0.2) is 4.79 Å². The lowest BCUT2D eigenvalue weighted by Crippen LogP contribution is -2.11. The van der Waals surface area contributed by atoms with Gasteiger partial charge in [0.25, 0.3) is 0 Å². The molecule has 0 unspecified atom stereocenters. The third-order valence-electron chi connectivity index (χ3n) is 7.12. The summed E-state index contributed by atoms with van der Waals surface area (Å²) in [6.07, 6.45) is 9.67. The van der Waals surface area contributed by atoms with Gasteiger partial charge in [0.2, 0.25) is 0 Å². The zero-order valence-electron chi connectivity index (χ0n) is 24.2. The Morgan fingerprint density at radius 1 is 0.650 bits per heavy atom. The van der Waals surface area contributed by atoms with Crippen LogP contribution in [0.3, 0.4) is 0 Å². The van der Waals surface area contributed by atoms with Crippen LogP contribution in [0.15, 0.2) is 84.9 Å². The molecule has 0 spiro atoms. The molecule has 4 heteroatoms. The second-order valence-corrected chi connectivity index (χ2v) is 10.5. The quantitative estimate of drug-likeness (QED) is 0.0858. The Kier molecular flexibility index (Phi) is 11.0. The maximum Gasteiger partial charge on any atom is 0.343 e. The van der Waals surface area contributed by atoms with E-state index in [1.54, 1.807) is 0 Å². The summed E-state index contributed by atoms with van der Waals surface area (Å²) < 4.78 is 17.6. The minimum atomic E-state index is -0.376. The van der Waals surface area contributed by atoms with E-state index in [1.165, 1.54) is 38.5 Å². The normalized spacial score (nSPS) is 11.8. The number of hydrogen-bond acceptors (Lipinski definition) is 4. The van der Waals surface area contributed by atoms with Crippen molar-refractivity contribution in [1.29, 1.82) is 0 Å². The van der Waals surface area contributed by atoms with E-state index >= 15 is 0 Å². The van der Waals surface area contributed by atoms with Crippen molar-refractivity contribution in [1.82, 2.24) is 0 Å². The van der Waals surface area contributed by atoms with E-state index in [-0.39, 0.29) is 12.1 Å². The lowest BCUT2D eigenvalue weighted by Gasteiger charge is -2.15. The maximum absolute atomic E-state index is 12.8. The molecule has 40 heavy (non-hydrogen) atoms.